The van der Waals surface area contributed by atoms with E-state index in [9.17, 15) is 17.2 Å². The number of hydrogen-bond acceptors (Lipinski definition) is 3. The van der Waals surface area contributed by atoms with Gasteiger partial charge in [0.15, 0.2) is 0 Å². The summed E-state index contributed by atoms with van der Waals surface area (Å²) in [6, 6.07) is 3.90. The number of nitrogens with one attached hydrogen (secondary N) is 1. The summed E-state index contributed by atoms with van der Waals surface area (Å²) in [7, 11) is -4.16. The van der Waals surface area contributed by atoms with Gasteiger partial charge in [-0.3, -0.25) is 0 Å². The Kier molecular flexibility index (Phi) is 6.94. The average Bonchev–Trinajstić information content (AvgIpc) is 2.30. The van der Waals surface area contributed by atoms with Crippen LogP contribution in [0.4, 0.5) is 8.78 Å². The van der Waals surface area contributed by atoms with Crippen LogP contribution in [0.1, 0.15) is 0 Å². The van der Waals surface area contributed by atoms with E-state index in [-0.39, 0.29) is 27.3 Å². The van der Waals surface area contributed by atoms with Crippen molar-refractivity contribution in [1.82, 2.24) is 4.72 Å². The molecule has 1 aromatic carbocycles. The third-order valence-electron chi connectivity index (χ3n) is 2.03. The van der Waals surface area contributed by atoms with E-state index in [0.717, 1.165) is 6.07 Å². The lowest BCUT2D eigenvalue weighted by molar-refractivity contribution is 0.0170. The predicted molar refractivity (Wildman–Crippen MR) is 72.9 cm³/mol. The molecule has 0 heterocycles. The molecule has 0 fully saturated rings. The summed E-state index contributed by atoms with van der Waals surface area (Å²) in [5, 5.41) is -0.201. The smallest absolute Gasteiger partial charge is 0.273 e. The molecule has 10 heteroatoms. The molecule has 1 rings (SSSR count). The Morgan fingerprint density at radius 2 is 1.89 bits per heavy atom. The molecule has 0 aromatic heterocycles. The molecule has 0 saturated heterocycles. The first-order chi connectivity index (χ1) is 8.19. The van der Waals surface area contributed by atoms with Gasteiger partial charge >= 0.3 is 0 Å². The second kappa shape index (κ2) is 7.01. The lowest BCUT2D eigenvalue weighted by Crippen LogP contribution is -2.41. The first kappa shape index (κ1) is 18.8. The van der Waals surface area contributed by atoms with E-state index < -0.39 is 29.0 Å². The van der Waals surface area contributed by atoms with E-state index in [1.165, 1.54) is 12.1 Å². The maximum absolute atomic E-state index is 12.9. The standard InChI is InChI=1S/C9H10Cl2F2N2O2S.ClH/c10-6-2-1-3-7(8(6)11)18(16,17)15-5-9(12,13)4-14;/h1-3,15H,4-5,14H2;1H. The second-order valence-electron chi connectivity index (χ2n) is 3.44. The van der Waals surface area contributed by atoms with Crippen LogP contribution in [0, 0.1) is 0 Å². The second-order valence-corrected chi connectivity index (χ2v) is 5.96. The largest absolute Gasteiger partial charge is 0.325 e. The van der Waals surface area contributed by atoms with Gasteiger partial charge in [-0.15, -0.1) is 12.4 Å². The zero-order chi connectivity index (χ0) is 14.0. The maximum Gasteiger partial charge on any atom is 0.273 e. The molecule has 110 valence electrons. The van der Waals surface area contributed by atoms with E-state index in [0.29, 0.717) is 0 Å². The fourth-order valence-corrected chi connectivity index (χ4v) is 2.86. The Morgan fingerprint density at radius 3 is 2.42 bits per heavy atom. The van der Waals surface area contributed by atoms with Gasteiger partial charge in [0, 0.05) is 0 Å². The monoisotopic (exact) mass is 354 g/mol. The molecule has 0 atom stereocenters. The summed E-state index contributed by atoms with van der Waals surface area (Å²) in [4.78, 5) is -0.357. The normalized spacial score (nSPS) is 12.1. The summed E-state index contributed by atoms with van der Waals surface area (Å²) in [5.74, 6) is -3.32. The minimum Gasteiger partial charge on any atom is -0.325 e. The minimum atomic E-state index is -4.16. The number of benzene rings is 1. The van der Waals surface area contributed by atoms with Crippen LogP contribution in [0.5, 0.6) is 0 Å². The molecule has 0 spiro atoms. The number of nitrogens with two attached hydrogens (primary N) is 1. The van der Waals surface area contributed by atoms with Crippen molar-refractivity contribution in [3.8, 4) is 0 Å². The van der Waals surface area contributed by atoms with Crippen LogP contribution >= 0.6 is 35.6 Å². The number of sulfonamides is 1. The molecular formula is C9H11Cl3F2N2O2S. The van der Waals surface area contributed by atoms with Gasteiger partial charge in [-0.2, -0.15) is 0 Å². The van der Waals surface area contributed by atoms with Crippen molar-refractivity contribution in [2.45, 2.75) is 10.8 Å². The number of hydrogen-bond donors (Lipinski definition) is 2. The molecule has 19 heavy (non-hydrogen) atoms. The fourth-order valence-electron chi connectivity index (χ4n) is 1.04. The third kappa shape index (κ3) is 5.02. The van der Waals surface area contributed by atoms with Gasteiger partial charge in [-0.1, -0.05) is 29.3 Å². The molecule has 1 aromatic rings. The molecule has 0 amide bonds. The molecule has 3 N–H and O–H groups in total. The van der Waals surface area contributed by atoms with Gasteiger partial charge in [0.2, 0.25) is 10.0 Å². The van der Waals surface area contributed by atoms with Crippen molar-refractivity contribution in [3.05, 3.63) is 28.2 Å². The van der Waals surface area contributed by atoms with Crippen LogP contribution in [0.25, 0.3) is 0 Å². The van der Waals surface area contributed by atoms with Crippen LogP contribution in [0.2, 0.25) is 10.0 Å². The fraction of sp³-hybridized carbons (Fsp3) is 0.333. The van der Waals surface area contributed by atoms with Gasteiger partial charge in [-0.25, -0.2) is 21.9 Å². The molecule has 4 nitrogen and oxygen atoms in total. The van der Waals surface area contributed by atoms with Crippen molar-refractivity contribution in [2.24, 2.45) is 5.73 Å². The van der Waals surface area contributed by atoms with Crippen LogP contribution in [-0.2, 0) is 10.0 Å². The molecule has 0 radical (unpaired) electrons. The Bertz CT molecular complexity index is 540. The Labute approximate surface area is 125 Å². The van der Waals surface area contributed by atoms with Gasteiger partial charge in [0.05, 0.1) is 23.1 Å². The van der Waals surface area contributed by atoms with Gasteiger partial charge in [0.1, 0.15) is 4.90 Å². The Morgan fingerprint density at radius 1 is 1.32 bits per heavy atom. The van der Waals surface area contributed by atoms with Crippen molar-refractivity contribution in [3.63, 3.8) is 0 Å². The van der Waals surface area contributed by atoms with Crippen molar-refractivity contribution in [2.75, 3.05) is 13.1 Å². The van der Waals surface area contributed by atoms with E-state index in [1.807, 2.05) is 0 Å². The van der Waals surface area contributed by atoms with Crippen molar-refractivity contribution in [1.29, 1.82) is 0 Å². The van der Waals surface area contributed by atoms with Crippen LogP contribution in [-0.4, -0.2) is 27.4 Å². The highest BCUT2D eigenvalue weighted by Crippen LogP contribution is 2.28. The van der Waals surface area contributed by atoms with E-state index in [4.69, 9.17) is 28.9 Å². The lowest BCUT2D eigenvalue weighted by Gasteiger charge is -2.15. The highest BCUT2D eigenvalue weighted by Gasteiger charge is 2.30. The molecule has 0 bridgehead atoms. The lowest BCUT2D eigenvalue weighted by atomic mass is 10.3. The highest BCUT2D eigenvalue weighted by atomic mass is 35.5. The zero-order valence-corrected chi connectivity index (χ0v) is 12.5. The molecule has 0 unspecified atom stereocenters. The maximum atomic E-state index is 12.9. The molecule has 0 aliphatic heterocycles. The molecule has 0 aliphatic rings. The first-order valence-electron chi connectivity index (χ1n) is 4.71. The molecule has 0 saturated carbocycles. The van der Waals surface area contributed by atoms with Crippen LogP contribution < -0.4 is 10.5 Å². The topological polar surface area (TPSA) is 72.2 Å². The van der Waals surface area contributed by atoms with Crippen LogP contribution in [0.3, 0.4) is 0 Å². The third-order valence-corrected chi connectivity index (χ3v) is 4.40. The minimum absolute atomic E-state index is 0. The first-order valence-corrected chi connectivity index (χ1v) is 6.95. The summed E-state index contributed by atoms with van der Waals surface area (Å²) in [5.41, 5.74) is 4.80. The molecule has 0 aliphatic carbocycles. The van der Waals surface area contributed by atoms with Gasteiger partial charge in [-0.05, 0) is 12.1 Å². The van der Waals surface area contributed by atoms with E-state index in [1.54, 1.807) is 4.72 Å². The predicted octanol–water partition coefficient (Wildman–Crippen LogP) is 2.29. The van der Waals surface area contributed by atoms with Crippen LogP contribution in [0.15, 0.2) is 23.1 Å². The SMILES string of the molecule is Cl.NCC(F)(F)CNS(=O)(=O)c1cccc(Cl)c1Cl. The number of alkyl halides is 2. The van der Waals surface area contributed by atoms with E-state index >= 15 is 0 Å². The summed E-state index contributed by atoms with van der Waals surface area (Å²) in [6.45, 7) is -2.06. The Hall–Kier alpha value is -0.180. The van der Waals surface area contributed by atoms with E-state index in [2.05, 4.69) is 0 Å². The number of halogens is 5. The summed E-state index contributed by atoms with van der Waals surface area (Å²) in [6.07, 6.45) is 0. The van der Waals surface area contributed by atoms with Crippen molar-refractivity contribution >= 4 is 45.6 Å². The molecular weight excluding hydrogens is 345 g/mol. The summed E-state index contributed by atoms with van der Waals surface area (Å²) < 4.78 is 50.9. The quantitative estimate of drug-likeness (QED) is 0.851. The van der Waals surface area contributed by atoms with Gasteiger partial charge in [0.25, 0.3) is 5.92 Å². The van der Waals surface area contributed by atoms with Crippen molar-refractivity contribution < 1.29 is 17.2 Å². The average molecular weight is 356 g/mol. The Balaban J connectivity index is 0.00000324. The highest BCUT2D eigenvalue weighted by molar-refractivity contribution is 7.89. The van der Waals surface area contributed by atoms with Gasteiger partial charge < -0.3 is 5.73 Å². The number of rotatable bonds is 5. The zero-order valence-electron chi connectivity index (χ0n) is 9.37. The summed E-state index contributed by atoms with van der Waals surface area (Å²) >= 11 is 11.3.